The van der Waals surface area contributed by atoms with Gasteiger partial charge in [0.25, 0.3) is 0 Å². The minimum absolute atomic E-state index is 0.584. The summed E-state index contributed by atoms with van der Waals surface area (Å²) < 4.78 is 1.71. The highest BCUT2D eigenvalue weighted by Gasteiger charge is 2.16. The molecule has 6 nitrogen and oxygen atoms in total. The number of aromatic nitrogens is 4. The molecule has 7 heteroatoms. The first-order valence-corrected chi connectivity index (χ1v) is 5.87. The Hall–Kier alpha value is -1.66. The van der Waals surface area contributed by atoms with Crippen LogP contribution in [0.4, 0.5) is 5.82 Å². The Bertz CT molecular complexity index is 604. The van der Waals surface area contributed by atoms with Gasteiger partial charge in [-0.15, -0.1) is 0 Å². The second-order valence-corrected chi connectivity index (χ2v) is 4.49. The van der Waals surface area contributed by atoms with E-state index in [1.54, 1.807) is 11.6 Å². The van der Waals surface area contributed by atoms with Gasteiger partial charge >= 0.3 is 0 Å². The van der Waals surface area contributed by atoms with Crippen molar-refractivity contribution in [3.05, 3.63) is 27.8 Å². The van der Waals surface area contributed by atoms with E-state index in [0.29, 0.717) is 22.5 Å². The number of aryl methyl sites for hydroxylation is 2. The van der Waals surface area contributed by atoms with E-state index < -0.39 is 0 Å². The van der Waals surface area contributed by atoms with Gasteiger partial charge in [0, 0.05) is 5.56 Å². The zero-order valence-electron chi connectivity index (χ0n) is 10.7. The van der Waals surface area contributed by atoms with Crippen molar-refractivity contribution in [1.82, 2.24) is 19.7 Å². The molecular formula is C11H15ClN6. The molecule has 18 heavy (non-hydrogen) atoms. The maximum Gasteiger partial charge on any atom is 0.162 e. The number of hydrazine groups is 1. The molecular weight excluding hydrogens is 252 g/mol. The molecule has 0 radical (unpaired) electrons. The van der Waals surface area contributed by atoms with E-state index in [1.165, 1.54) is 0 Å². The van der Waals surface area contributed by atoms with Crippen LogP contribution in [-0.2, 0) is 0 Å². The number of nitrogens with one attached hydrogen (secondary N) is 1. The van der Waals surface area contributed by atoms with Crippen LogP contribution in [-0.4, -0.2) is 19.7 Å². The third-order valence-corrected chi connectivity index (χ3v) is 3.32. The molecule has 0 amide bonds. The van der Waals surface area contributed by atoms with E-state index in [2.05, 4.69) is 20.5 Å². The molecule has 0 aromatic carbocycles. The van der Waals surface area contributed by atoms with Crippen LogP contribution in [0.5, 0.6) is 0 Å². The van der Waals surface area contributed by atoms with Crippen LogP contribution >= 0.6 is 11.6 Å². The molecule has 3 N–H and O–H groups in total. The summed E-state index contributed by atoms with van der Waals surface area (Å²) >= 11 is 6.15. The topological polar surface area (TPSA) is 81.6 Å². The van der Waals surface area contributed by atoms with Gasteiger partial charge in [0.05, 0.1) is 16.4 Å². The van der Waals surface area contributed by atoms with Crippen molar-refractivity contribution in [1.29, 1.82) is 0 Å². The van der Waals surface area contributed by atoms with Crippen molar-refractivity contribution >= 4 is 17.4 Å². The number of rotatable bonds is 2. The van der Waals surface area contributed by atoms with Crippen molar-refractivity contribution in [2.24, 2.45) is 5.84 Å². The van der Waals surface area contributed by atoms with E-state index in [4.69, 9.17) is 17.4 Å². The van der Waals surface area contributed by atoms with Crippen LogP contribution in [0, 0.1) is 27.7 Å². The number of hydrogen-bond donors (Lipinski definition) is 2. The third kappa shape index (κ3) is 1.93. The van der Waals surface area contributed by atoms with Gasteiger partial charge in [0.15, 0.2) is 5.82 Å². The lowest BCUT2D eigenvalue weighted by Crippen LogP contribution is -2.15. The molecule has 0 aliphatic rings. The Balaban J connectivity index is 2.70. The van der Waals surface area contributed by atoms with E-state index >= 15 is 0 Å². The van der Waals surface area contributed by atoms with Crippen molar-refractivity contribution in [2.75, 3.05) is 5.43 Å². The summed E-state index contributed by atoms with van der Waals surface area (Å²) in [6.07, 6.45) is 0. The molecule has 0 saturated heterocycles. The van der Waals surface area contributed by atoms with Gasteiger partial charge in [0.1, 0.15) is 11.6 Å². The standard InChI is InChI=1S/C11H15ClN6/c1-5-10(16-13)14-8(4)15-11(5)18-7(3)9(12)6(2)17-18/h13H2,1-4H3,(H,14,15,16). The lowest BCUT2D eigenvalue weighted by atomic mass is 10.3. The zero-order valence-corrected chi connectivity index (χ0v) is 11.5. The fraction of sp³-hybridized carbons (Fsp3) is 0.364. The van der Waals surface area contributed by atoms with E-state index in [0.717, 1.165) is 17.0 Å². The highest BCUT2D eigenvalue weighted by atomic mass is 35.5. The molecule has 0 saturated carbocycles. The fourth-order valence-electron chi connectivity index (χ4n) is 1.79. The summed E-state index contributed by atoms with van der Waals surface area (Å²) in [5.41, 5.74) is 5.00. The monoisotopic (exact) mass is 266 g/mol. The van der Waals surface area contributed by atoms with Gasteiger partial charge in [-0.2, -0.15) is 5.10 Å². The maximum absolute atomic E-state index is 6.15. The van der Waals surface area contributed by atoms with Crippen LogP contribution in [0.3, 0.4) is 0 Å². The molecule has 2 heterocycles. The predicted molar refractivity (Wildman–Crippen MR) is 70.9 cm³/mol. The summed E-state index contributed by atoms with van der Waals surface area (Å²) in [5, 5.41) is 5.03. The highest BCUT2D eigenvalue weighted by molar-refractivity contribution is 6.31. The average Bonchev–Trinajstić information content (AvgIpc) is 2.59. The van der Waals surface area contributed by atoms with Gasteiger partial charge in [-0.3, -0.25) is 0 Å². The maximum atomic E-state index is 6.15. The smallest absolute Gasteiger partial charge is 0.162 e. The number of halogens is 1. The lowest BCUT2D eigenvalue weighted by molar-refractivity contribution is 0.784. The average molecular weight is 267 g/mol. The van der Waals surface area contributed by atoms with E-state index in [-0.39, 0.29) is 0 Å². The Morgan fingerprint density at radius 3 is 2.33 bits per heavy atom. The second-order valence-electron chi connectivity index (χ2n) is 4.11. The molecule has 0 unspecified atom stereocenters. The quantitative estimate of drug-likeness (QED) is 0.640. The Morgan fingerprint density at radius 1 is 1.17 bits per heavy atom. The molecule has 2 rings (SSSR count). The van der Waals surface area contributed by atoms with Gasteiger partial charge in [0.2, 0.25) is 0 Å². The third-order valence-electron chi connectivity index (χ3n) is 2.77. The van der Waals surface area contributed by atoms with Gasteiger partial charge in [-0.25, -0.2) is 20.5 Å². The Kier molecular flexibility index (Phi) is 3.23. The minimum atomic E-state index is 0.584. The number of nitrogen functional groups attached to an aromatic ring is 1. The van der Waals surface area contributed by atoms with Crippen LogP contribution in [0.1, 0.15) is 22.8 Å². The Morgan fingerprint density at radius 2 is 1.83 bits per heavy atom. The highest BCUT2D eigenvalue weighted by Crippen LogP contribution is 2.25. The van der Waals surface area contributed by atoms with Crippen LogP contribution < -0.4 is 11.3 Å². The molecule has 2 aromatic rings. The van der Waals surface area contributed by atoms with Crippen molar-refractivity contribution in [3.8, 4) is 5.82 Å². The number of nitrogens with zero attached hydrogens (tertiary/aromatic N) is 4. The van der Waals surface area contributed by atoms with E-state index in [1.807, 2.05) is 20.8 Å². The molecule has 0 fully saturated rings. The van der Waals surface area contributed by atoms with Gasteiger partial charge in [-0.1, -0.05) is 11.6 Å². The second kappa shape index (κ2) is 4.55. The lowest BCUT2D eigenvalue weighted by Gasteiger charge is -2.11. The van der Waals surface area contributed by atoms with Crippen LogP contribution in [0.15, 0.2) is 0 Å². The van der Waals surface area contributed by atoms with Crippen molar-refractivity contribution in [3.63, 3.8) is 0 Å². The zero-order chi connectivity index (χ0) is 13.4. The largest absolute Gasteiger partial charge is 0.308 e. The van der Waals surface area contributed by atoms with Crippen molar-refractivity contribution in [2.45, 2.75) is 27.7 Å². The summed E-state index contributed by atoms with van der Waals surface area (Å²) in [7, 11) is 0. The SMILES string of the molecule is Cc1nc(NN)c(C)c(-n2nc(C)c(Cl)c2C)n1. The minimum Gasteiger partial charge on any atom is -0.308 e. The van der Waals surface area contributed by atoms with Crippen LogP contribution in [0.25, 0.3) is 5.82 Å². The summed E-state index contributed by atoms with van der Waals surface area (Å²) in [5.74, 6) is 7.33. The summed E-state index contributed by atoms with van der Waals surface area (Å²) in [4.78, 5) is 8.62. The van der Waals surface area contributed by atoms with Crippen molar-refractivity contribution < 1.29 is 0 Å². The molecule has 0 aliphatic heterocycles. The van der Waals surface area contributed by atoms with Gasteiger partial charge in [-0.05, 0) is 27.7 Å². The molecule has 0 atom stereocenters. The molecule has 0 aliphatic carbocycles. The first-order valence-electron chi connectivity index (χ1n) is 5.49. The first kappa shape index (κ1) is 12.8. The molecule has 2 aromatic heterocycles. The van der Waals surface area contributed by atoms with E-state index in [9.17, 15) is 0 Å². The first-order chi connectivity index (χ1) is 8.45. The number of hydrogen-bond acceptors (Lipinski definition) is 5. The fourth-order valence-corrected chi connectivity index (χ4v) is 1.91. The molecule has 96 valence electrons. The number of nitrogens with two attached hydrogens (primary N) is 1. The summed E-state index contributed by atoms with van der Waals surface area (Å²) in [6.45, 7) is 7.44. The predicted octanol–water partition coefficient (Wildman–Crippen LogP) is 1.83. The summed E-state index contributed by atoms with van der Waals surface area (Å²) in [6, 6.07) is 0. The van der Waals surface area contributed by atoms with Crippen LogP contribution in [0.2, 0.25) is 5.02 Å². The molecule has 0 spiro atoms. The number of anilines is 1. The van der Waals surface area contributed by atoms with Gasteiger partial charge < -0.3 is 5.43 Å². The Labute approximate surface area is 110 Å². The normalized spacial score (nSPS) is 10.8. The molecule has 0 bridgehead atoms.